The molecule has 0 bridgehead atoms. The molecule has 0 aromatic heterocycles. The molecule has 88 valence electrons. The van der Waals surface area contributed by atoms with Gasteiger partial charge in [-0.3, -0.25) is 9.69 Å². The lowest BCUT2D eigenvalue weighted by atomic mass is 10.1. The molecule has 0 aliphatic heterocycles. The van der Waals surface area contributed by atoms with Gasteiger partial charge in [-0.25, -0.2) is 0 Å². The van der Waals surface area contributed by atoms with E-state index in [1.807, 2.05) is 31.3 Å². The molecule has 0 amide bonds. The van der Waals surface area contributed by atoms with Crippen LogP contribution in [0.2, 0.25) is 0 Å². The zero-order valence-electron chi connectivity index (χ0n) is 9.87. The van der Waals surface area contributed by atoms with E-state index in [-0.39, 0.29) is 5.78 Å². The number of nitrogens with zero attached hydrogens (tertiary/aromatic N) is 1. The van der Waals surface area contributed by atoms with E-state index in [4.69, 9.17) is 0 Å². The zero-order chi connectivity index (χ0) is 12.0. The zero-order valence-corrected chi connectivity index (χ0v) is 11.5. The van der Waals surface area contributed by atoms with Crippen LogP contribution in [0.3, 0.4) is 0 Å². The molecule has 0 radical (unpaired) electrons. The van der Waals surface area contributed by atoms with Crippen molar-refractivity contribution in [2.45, 2.75) is 19.8 Å². The second-order valence-corrected chi connectivity index (χ2v) is 4.94. The Morgan fingerprint density at radius 2 is 1.94 bits per heavy atom. The minimum Gasteiger partial charge on any atom is -0.299 e. The number of likely N-dealkylation sites (N-methyl/N-ethyl adjacent to an activating group) is 1. The Morgan fingerprint density at radius 1 is 1.31 bits per heavy atom. The first-order valence-electron chi connectivity index (χ1n) is 5.60. The molecule has 0 saturated carbocycles. The third-order valence-corrected chi connectivity index (χ3v) is 3.00. The largest absolute Gasteiger partial charge is 0.299 e. The summed E-state index contributed by atoms with van der Waals surface area (Å²) in [6.07, 6.45) is 2.31. The Labute approximate surface area is 106 Å². The normalized spacial score (nSPS) is 10.8. The minimum atomic E-state index is 0.186. The molecule has 1 aromatic rings. The number of hydrogen-bond donors (Lipinski definition) is 0. The Kier molecular flexibility index (Phi) is 5.71. The third-order valence-electron chi connectivity index (χ3n) is 2.47. The van der Waals surface area contributed by atoms with Gasteiger partial charge in [0.25, 0.3) is 0 Å². The van der Waals surface area contributed by atoms with Gasteiger partial charge in [0.05, 0.1) is 6.54 Å². The van der Waals surface area contributed by atoms with E-state index in [2.05, 4.69) is 27.8 Å². The van der Waals surface area contributed by atoms with Crippen LogP contribution in [0.5, 0.6) is 0 Å². The fraction of sp³-hybridized carbons (Fsp3) is 0.462. The molecule has 0 N–H and O–H groups in total. The van der Waals surface area contributed by atoms with Crippen LogP contribution in [0.4, 0.5) is 0 Å². The van der Waals surface area contributed by atoms with Crippen LogP contribution in [-0.4, -0.2) is 30.8 Å². The van der Waals surface area contributed by atoms with E-state index >= 15 is 0 Å². The van der Waals surface area contributed by atoms with Crippen LogP contribution in [0.15, 0.2) is 28.7 Å². The van der Waals surface area contributed by atoms with Crippen molar-refractivity contribution in [3.05, 3.63) is 34.3 Å². The molecule has 0 atom stereocenters. The average molecular weight is 284 g/mol. The number of rotatable bonds is 6. The quantitative estimate of drug-likeness (QED) is 0.746. The highest BCUT2D eigenvalue weighted by Crippen LogP contribution is 2.11. The Balaban J connectivity index is 2.48. The van der Waals surface area contributed by atoms with Crippen LogP contribution in [0.25, 0.3) is 0 Å². The summed E-state index contributed by atoms with van der Waals surface area (Å²) in [6.45, 7) is 3.64. The summed E-state index contributed by atoms with van der Waals surface area (Å²) in [4.78, 5) is 13.9. The third kappa shape index (κ3) is 4.45. The maximum atomic E-state index is 11.9. The maximum absolute atomic E-state index is 11.9. The van der Waals surface area contributed by atoms with Gasteiger partial charge >= 0.3 is 0 Å². The Bertz CT molecular complexity index is 334. The first-order chi connectivity index (χ1) is 7.63. The van der Waals surface area contributed by atoms with Crippen molar-refractivity contribution in [3.63, 3.8) is 0 Å². The summed E-state index contributed by atoms with van der Waals surface area (Å²) in [5, 5.41) is 0. The molecule has 16 heavy (non-hydrogen) atoms. The number of unbranched alkanes of at least 4 members (excludes halogenated alkanes) is 1. The highest BCUT2D eigenvalue weighted by Gasteiger charge is 2.08. The second-order valence-electron chi connectivity index (χ2n) is 4.02. The molecule has 0 fully saturated rings. The molecule has 2 nitrogen and oxygen atoms in total. The molecule has 0 saturated heterocycles. The van der Waals surface area contributed by atoms with Gasteiger partial charge in [-0.15, -0.1) is 0 Å². The van der Waals surface area contributed by atoms with E-state index in [0.717, 1.165) is 29.4 Å². The van der Waals surface area contributed by atoms with Gasteiger partial charge in [0.2, 0.25) is 0 Å². The van der Waals surface area contributed by atoms with Gasteiger partial charge in [0, 0.05) is 10.0 Å². The predicted octanol–water partition coefficient (Wildman–Crippen LogP) is 3.36. The number of carbonyl (C=O) groups is 1. The van der Waals surface area contributed by atoms with E-state index in [0.29, 0.717) is 6.54 Å². The van der Waals surface area contributed by atoms with E-state index in [1.54, 1.807) is 0 Å². The summed E-state index contributed by atoms with van der Waals surface area (Å²) in [7, 11) is 1.99. The van der Waals surface area contributed by atoms with Gasteiger partial charge in [-0.2, -0.15) is 0 Å². The SMILES string of the molecule is CCCCN(C)CC(=O)c1ccc(Br)cc1. The van der Waals surface area contributed by atoms with Gasteiger partial charge in [-0.1, -0.05) is 41.4 Å². The van der Waals surface area contributed by atoms with Crippen LogP contribution in [-0.2, 0) is 0 Å². The van der Waals surface area contributed by atoms with Gasteiger partial charge in [0.1, 0.15) is 0 Å². The van der Waals surface area contributed by atoms with Crippen LogP contribution < -0.4 is 0 Å². The number of hydrogen-bond acceptors (Lipinski definition) is 2. The van der Waals surface area contributed by atoms with E-state index in [1.165, 1.54) is 0 Å². The molecular formula is C13H18BrNO. The smallest absolute Gasteiger partial charge is 0.176 e. The average Bonchev–Trinajstić information content (AvgIpc) is 2.27. The van der Waals surface area contributed by atoms with Crippen molar-refractivity contribution < 1.29 is 4.79 Å². The van der Waals surface area contributed by atoms with Crippen molar-refractivity contribution in [2.75, 3.05) is 20.1 Å². The van der Waals surface area contributed by atoms with Gasteiger partial charge in [0.15, 0.2) is 5.78 Å². The van der Waals surface area contributed by atoms with E-state index < -0.39 is 0 Å². The monoisotopic (exact) mass is 283 g/mol. The van der Waals surface area contributed by atoms with Gasteiger partial charge in [-0.05, 0) is 32.1 Å². The maximum Gasteiger partial charge on any atom is 0.176 e. The molecule has 0 heterocycles. The Hall–Kier alpha value is -0.670. The summed E-state index contributed by atoms with van der Waals surface area (Å²) in [5.74, 6) is 0.186. The topological polar surface area (TPSA) is 20.3 Å². The summed E-state index contributed by atoms with van der Waals surface area (Å²) >= 11 is 3.36. The van der Waals surface area contributed by atoms with Crippen LogP contribution in [0.1, 0.15) is 30.1 Å². The molecule has 0 spiro atoms. The fourth-order valence-corrected chi connectivity index (χ4v) is 1.74. The van der Waals surface area contributed by atoms with Crippen molar-refractivity contribution in [1.29, 1.82) is 0 Å². The molecule has 0 unspecified atom stereocenters. The number of halogens is 1. The molecule has 1 rings (SSSR count). The number of ketones is 1. The summed E-state index contributed by atoms with van der Waals surface area (Å²) in [5.41, 5.74) is 0.784. The molecular weight excluding hydrogens is 266 g/mol. The first-order valence-corrected chi connectivity index (χ1v) is 6.40. The minimum absolute atomic E-state index is 0.186. The number of benzene rings is 1. The first kappa shape index (κ1) is 13.4. The molecule has 3 heteroatoms. The lowest BCUT2D eigenvalue weighted by molar-refractivity contribution is 0.0945. The van der Waals surface area contributed by atoms with Crippen molar-refractivity contribution >= 4 is 21.7 Å². The number of carbonyl (C=O) groups excluding carboxylic acids is 1. The number of Topliss-reactive ketones (excluding diaryl/α,β-unsaturated/α-hetero) is 1. The van der Waals surface area contributed by atoms with Crippen molar-refractivity contribution in [1.82, 2.24) is 4.90 Å². The molecule has 0 aliphatic rings. The lowest BCUT2D eigenvalue weighted by Crippen LogP contribution is -2.26. The van der Waals surface area contributed by atoms with Crippen LogP contribution in [0, 0.1) is 0 Å². The van der Waals surface area contributed by atoms with Crippen LogP contribution >= 0.6 is 15.9 Å². The summed E-state index contributed by atoms with van der Waals surface area (Å²) in [6, 6.07) is 7.53. The molecule has 0 aliphatic carbocycles. The standard InChI is InChI=1S/C13H18BrNO/c1-3-4-9-15(2)10-13(16)11-5-7-12(14)8-6-11/h5-8H,3-4,9-10H2,1-2H3. The van der Waals surface area contributed by atoms with Crippen molar-refractivity contribution in [2.24, 2.45) is 0 Å². The van der Waals surface area contributed by atoms with Crippen molar-refractivity contribution in [3.8, 4) is 0 Å². The second kappa shape index (κ2) is 6.81. The highest BCUT2D eigenvalue weighted by molar-refractivity contribution is 9.10. The highest BCUT2D eigenvalue weighted by atomic mass is 79.9. The molecule has 1 aromatic carbocycles. The summed E-state index contributed by atoms with van der Waals surface area (Å²) < 4.78 is 1.00. The van der Waals surface area contributed by atoms with Gasteiger partial charge < -0.3 is 0 Å². The fourth-order valence-electron chi connectivity index (χ4n) is 1.48. The Morgan fingerprint density at radius 3 is 2.50 bits per heavy atom. The van der Waals surface area contributed by atoms with E-state index in [9.17, 15) is 4.79 Å². The predicted molar refractivity (Wildman–Crippen MR) is 70.9 cm³/mol. The lowest BCUT2D eigenvalue weighted by Gasteiger charge is -2.14.